The lowest BCUT2D eigenvalue weighted by molar-refractivity contribution is -0.124. The Hall–Kier alpha value is -0.370. The summed E-state index contributed by atoms with van der Waals surface area (Å²) < 4.78 is 0. The molecule has 1 saturated heterocycles. The van der Waals surface area contributed by atoms with Gasteiger partial charge in [-0.2, -0.15) is 0 Å². The van der Waals surface area contributed by atoms with Crippen molar-refractivity contribution in [3.05, 3.63) is 0 Å². The smallest absolute Gasteiger partial charge is 0.133 e. The van der Waals surface area contributed by atoms with Crippen LogP contribution in [0.15, 0.2) is 0 Å². The van der Waals surface area contributed by atoms with Crippen molar-refractivity contribution in [1.82, 2.24) is 4.90 Å². The van der Waals surface area contributed by atoms with E-state index in [4.69, 9.17) is 0 Å². The predicted octanol–water partition coefficient (Wildman–Crippen LogP) is 2.23. The van der Waals surface area contributed by atoms with Crippen molar-refractivity contribution >= 4 is 5.78 Å². The van der Waals surface area contributed by atoms with Crippen LogP contribution in [0.4, 0.5) is 0 Å². The highest BCUT2D eigenvalue weighted by atomic mass is 16.1. The number of carbonyl (C=O) groups is 1. The molecule has 2 nitrogen and oxygen atoms in total. The summed E-state index contributed by atoms with van der Waals surface area (Å²) in [4.78, 5) is 14.0. The van der Waals surface area contributed by atoms with E-state index in [1.807, 2.05) is 0 Å². The van der Waals surface area contributed by atoms with Gasteiger partial charge in [0.15, 0.2) is 0 Å². The van der Waals surface area contributed by atoms with E-state index < -0.39 is 0 Å². The number of likely N-dealkylation sites (tertiary alicyclic amines) is 1. The number of Topliss-reactive ketones (excluding diaryl/α,β-unsaturated/α-hetero) is 1. The van der Waals surface area contributed by atoms with Crippen molar-refractivity contribution in [2.75, 3.05) is 13.1 Å². The van der Waals surface area contributed by atoms with E-state index in [2.05, 4.69) is 11.8 Å². The zero-order chi connectivity index (χ0) is 9.97. The van der Waals surface area contributed by atoms with Gasteiger partial charge < -0.3 is 4.90 Å². The molecule has 0 aromatic heterocycles. The van der Waals surface area contributed by atoms with E-state index >= 15 is 0 Å². The van der Waals surface area contributed by atoms with Gasteiger partial charge in [0.05, 0.1) is 0 Å². The van der Waals surface area contributed by atoms with Crippen LogP contribution in [0.1, 0.15) is 45.4 Å². The number of rotatable bonds is 2. The molecule has 0 radical (unpaired) electrons. The van der Waals surface area contributed by atoms with Crippen LogP contribution in [0, 0.1) is 5.92 Å². The highest BCUT2D eigenvalue weighted by Crippen LogP contribution is 2.33. The molecular weight excluding hydrogens is 174 g/mol. The standard InChI is InChI=1S/C12H21NO/c1-2-7-13-8-3-4-10-9-11(14)5-6-12(10)13/h10,12H,2-9H2,1H3/t10-,12+/m0/s1. The van der Waals surface area contributed by atoms with E-state index in [-0.39, 0.29) is 0 Å². The molecule has 0 amide bonds. The topological polar surface area (TPSA) is 20.3 Å². The minimum Gasteiger partial charge on any atom is -0.300 e. The van der Waals surface area contributed by atoms with Crippen molar-refractivity contribution in [1.29, 1.82) is 0 Å². The maximum atomic E-state index is 11.4. The van der Waals surface area contributed by atoms with Gasteiger partial charge in [-0.15, -0.1) is 0 Å². The van der Waals surface area contributed by atoms with Gasteiger partial charge in [-0.25, -0.2) is 0 Å². The van der Waals surface area contributed by atoms with Crippen LogP contribution in [0.2, 0.25) is 0 Å². The fraction of sp³-hybridized carbons (Fsp3) is 0.917. The van der Waals surface area contributed by atoms with Crippen LogP contribution in [0.5, 0.6) is 0 Å². The van der Waals surface area contributed by atoms with Gasteiger partial charge in [-0.05, 0) is 44.7 Å². The average Bonchev–Trinajstić information content (AvgIpc) is 2.18. The van der Waals surface area contributed by atoms with Crippen LogP contribution >= 0.6 is 0 Å². The molecular formula is C12H21NO. The maximum Gasteiger partial charge on any atom is 0.133 e. The number of carbonyl (C=O) groups excluding carboxylic acids is 1. The highest BCUT2D eigenvalue weighted by Gasteiger charge is 2.35. The molecule has 1 aliphatic carbocycles. The quantitative estimate of drug-likeness (QED) is 0.673. The Labute approximate surface area is 86.7 Å². The number of piperidine rings is 1. The fourth-order valence-electron chi connectivity index (χ4n) is 3.14. The van der Waals surface area contributed by atoms with E-state index in [0.29, 0.717) is 11.7 Å². The average molecular weight is 195 g/mol. The van der Waals surface area contributed by atoms with Crippen LogP contribution in [-0.4, -0.2) is 29.8 Å². The van der Waals surface area contributed by atoms with Crippen LogP contribution < -0.4 is 0 Å². The summed E-state index contributed by atoms with van der Waals surface area (Å²) in [7, 11) is 0. The number of fused-ring (bicyclic) bond motifs is 1. The predicted molar refractivity (Wildman–Crippen MR) is 57.2 cm³/mol. The molecule has 0 spiro atoms. The van der Waals surface area contributed by atoms with Gasteiger partial charge in [-0.3, -0.25) is 4.79 Å². The SMILES string of the molecule is CCCN1CCC[C@H]2CC(=O)CC[C@H]21. The third-order valence-corrected chi connectivity index (χ3v) is 3.75. The summed E-state index contributed by atoms with van der Waals surface area (Å²) in [6.07, 6.45) is 6.66. The third kappa shape index (κ3) is 2.00. The third-order valence-electron chi connectivity index (χ3n) is 3.75. The van der Waals surface area contributed by atoms with Crippen molar-refractivity contribution < 1.29 is 4.79 Å². The molecule has 2 heteroatoms. The first kappa shape index (κ1) is 10.2. The number of hydrogen-bond donors (Lipinski definition) is 0. The second kappa shape index (κ2) is 4.43. The second-order valence-electron chi connectivity index (χ2n) is 4.79. The molecule has 2 atom stereocenters. The molecule has 1 saturated carbocycles. The first-order valence-electron chi connectivity index (χ1n) is 6.07. The second-order valence-corrected chi connectivity index (χ2v) is 4.79. The molecule has 1 aliphatic heterocycles. The van der Waals surface area contributed by atoms with Gasteiger partial charge in [0.1, 0.15) is 5.78 Å². The van der Waals surface area contributed by atoms with E-state index in [9.17, 15) is 4.79 Å². The van der Waals surface area contributed by atoms with Crippen LogP contribution in [0.3, 0.4) is 0 Å². The zero-order valence-corrected chi connectivity index (χ0v) is 9.17. The lowest BCUT2D eigenvalue weighted by atomic mass is 9.78. The number of ketones is 1. The minimum absolute atomic E-state index is 0.504. The van der Waals surface area contributed by atoms with Crippen molar-refractivity contribution in [3.8, 4) is 0 Å². The van der Waals surface area contributed by atoms with Crippen molar-refractivity contribution in [2.45, 2.75) is 51.5 Å². The molecule has 2 rings (SSSR count). The van der Waals surface area contributed by atoms with E-state index in [1.54, 1.807) is 0 Å². The molecule has 0 aromatic rings. The molecule has 2 aliphatic rings. The van der Waals surface area contributed by atoms with E-state index in [0.717, 1.165) is 25.3 Å². The van der Waals surface area contributed by atoms with Gasteiger partial charge in [0.2, 0.25) is 0 Å². The summed E-state index contributed by atoms with van der Waals surface area (Å²) in [5, 5.41) is 0. The Morgan fingerprint density at radius 1 is 1.43 bits per heavy atom. The van der Waals surface area contributed by atoms with E-state index in [1.165, 1.54) is 32.4 Å². The summed E-state index contributed by atoms with van der Waals surface area (Å²) in [5.74, 6) is 1.20. The first-order valence-corrected chi connectivity index (χ1v) is 6.07. The molecule has 2 fully saturated rings. The van der Waals surface area contributed by atoms with Gasteiger partial charge in [0, 0.05) is 18.9 Å². The molecule has 14 heavy (non-hydrogen) atoms. The molecule has 80 valence electrons. The lowest BCUT2D eigenvalue weighted by Gasteiger charge is -2.43. The lowest BCUT2D eigenvalue weighted by Crippen LogP contribution is -2.48. The zero-order valence-electron chi connectivity index (χ0n) is 9.17. The molecule has 0 N–H and O–H groups in total. The molecule has 1 heterocycles. The summed E-state index contributed by atoms with van der Waals surface area (Å²) in [5.41, 5.74) is 0. The fourth-order valence-corrected chi connectivity index (χ4v) is 3.14. The molecule has 0 unspecified atom stereocenters. The molecule has 0 aromatic carbocycles. The normalized spacial score (nSPS) is 34.2. The Bertz CT molecular complexity index is 212. The first-order chi connectivity index (χ1) is 6.81. The summed E-state index contributed by atoms with van der Waals surface area (Å²) >= 11 is 0. The largest absolute Gasteiger partial charge is 0.300 e. The van der Waals surface area contributed by atoms with Crippen molar-refractivity contribution in [3.63, 3.8) is 0 Å². The van der Waals surface area contributed by atoms with Gasteiger partial charge in [-0.1, -0.05) is 6.92 Å². The molecule has 0 bridgehead atoms. The number of nitrogens with zero attached hydrogens (tertiary/aromatic N) is 1. The highest BCUT2D eigenvalue weighted by molar-refractivity contribution is 5.79. The van der Waals surface area contributed by atoms with Crippen LogP contribution in [0.25, 0.3) is 0 Å². The monoisotopic (exact) mass is 195 g/mol. The van der Waals surface area contributed by atoms with Crippen molar-refractivity contribution in [2.24, 2.45) is 5.92 Å². The van der Waals surface area contributed by atoms with Gasteiger partial charge >= 0.3 is 0 Å². The maximum absolute atomic E-state index is 11.4. The van der Waals surface area contributed by atoms with Crippen LogP contribution in [-0.2, 0) is 4.79 Å². The summed E-state index contributed by atoms with van der Waals surface area (Å²) in [6, 6.07) is 0.737. The number of hydrogen-bond acceptors (Lipinski definition) is 2. The Balaban J connectivity index is 1.98. The van der Waals surface area contributed by atoms with Gasteiger partial charge in [0.25, 0.3) is 0 Å². The minimum atomic E-state index is 0.504. The Kier molecular flexibility index (Phi) is 3.22. The Morgan fingerprint density at radius 3 is 3.07 bits per heavy atom. The Morgan fingerprint density at radius 2 is 2.29 bits per heavy atom. The summed E-state index contributed by atoms with van der Waals surface area (Å²) in [6.45, 7) is 4.75.